The summed E-state index contributed by atoms with van der Waals surface area (Å²) in [7, 11) is 1.56. The second-order valence-corrected chi connectivity index (χ2v) is 11.3. The Bertz CT molecular complexity index is 1720. The van der Waals surface area contributed by atoms with E-state index in [0.29, 0.717) is 36.4 Å². The summed E-state index contributed by atoms with van der Waals surface area (Å²) in [5, 5.41) is 11.6. The highest BCUT2D eigenvalue weighted by Gasteiger charge is 2.34. The SMILES string of the molecule is CCOC(=O)C1=C(C)N=c2s/c(=C\c3cc([N+](=O)[O-])ccc3N3CCCC3)c(=O)n2[C@H]1c1ccc(OC)c(Br)c1. The van der Waals surface area contributed by atoms with Gasteiger partial charge in [-0.05, 0) is 72.5 Å². The number of nitro benzene ring substituents is 1. The third kappa shape index (κ3) is 5.08. The van der Waals surface area contributed by atoms with Crippen LogP contribution in [0.1, 0.15) is 43.9 Å². The standard InChI is InChI=1S/C28H27BrN4O6S/c1-4-39-27(35)24-16(2)30-28-32(25(24)17-7-10-22(38-3)20(29)14-17)26(34)23(40-28)15-18-13-19(33(36)37)8-9-21(18)31-11-5-6-12-31/h7-10,13-15,25H,4-6,11-12H2,1-3H3/b23-15-/t25-/m0/s1. The van der Waals surface area contributed by atoms with Gasteiger partial charge in [0.05, 0.1) is 45.0 Å². The molecule has 0 bridgehead atoms. The number of anilines is 1. The molecule has 3 aromatic rings. The van der Waals surface area contributed by atoms with Gasteiger partial charge in [-0.3, -0.25) is 19.5 Å². The molecular weight excluding hydrogens is 600 g/mol. The zero-order valence-electron chi connectivity index (χ0n) is 22.2. The zero-order chi connectivity index (χ0) is 28.6. The number of benzene rings is 2. The van der Waals surface area contributed by atoms with Crippen LogP contribution in [0.2, 0.25) is 0 Å². The highest BCUT2D eigenvalue weighted by Crippen LogP contribution is 2.35. The molecular formula is C28H27BrN4O6S. The molecule has 0 spiro atoms. The maximum Gasteiger partial charge on any atom is 0.338 e. The van der Waals surface area contributed by atoms with Gasteiger partial charge >= 0.3 is 5.97 Å². The first kappa shape index (κ1) is 27.8. The zero-order valence-corrected chi connectivity index (χ0v) is 24.6. The molecule has 10 nitrogen and oxygen atoms in total. The molecule has 12 heteroatoms. The topological polar surface area (TPSA) is 116 Å². The van der Waals surface area contributed by atoms with Crippen LogP contribution in [0.25, 0.3) is 6.08 Å². The Morgan fingerprint density at radius 1 is 1.25 bits per heavy atom. The van der Waals surface area contributed by atoms with Gasteiger partial charge in [0.15, 0.2) is 4.80 Å². The van der Waals surface area contributed by atoms with Gasteiger partial charge in [-0.2, -0.15) is 0 Å². The smallest absolute Gasteiger partial charge is 0.338 e. The number of non-ortho nitro benzene ring substituents is 1. The fraction of sp³-hybridized carbons (Fsp3) is 0.321. The third-order valence-electron chi connectivity index (χ3n) is 6.96. The molecule has 0 N–H and O–H groups in total. The number of hydrogen-bond acceptors (Lipinski definition) is 9. The van der Waals surface area contributed by atoms with Crippen molar-refractivity contribution < 1.29 is 19.2 Å². The Balaban J connectivity index is 1.73. The molecule has 1 saturated heterocycles. The number of nitro groups is 1. The third-order valence-corrected chi connectivity index (χ3v) is 8.57. The molecule has 1 atom stereocenters. The summed E-state index contributed by atoms with van der Waals surface area (Å²) >= 11 is 4.69. The van der Waals surface area contributed by atoms with Crippen LogP contribution < -0.4 is 24.5 Å². The van der Waals surface area contributed by atoms with E-state index in [-0.39, 0.29) is 23.4 Å². The fourth-order valence-electron chi connectivity index (χ4n) is 5.12. The van der Waals surface area contributed by atoms with E-state index in [9.17, 15) is 19.7 Å². The van der Waals surface area contributed by atoms with Crippen molar-refractivity contribution in [3.63, 3.8) is 0 Å². The average Bonchev–Trinajstić information content (AvgIpc) is 3.56. The van der Waals surface area contributed by atoms with Crippen LogP contribution in [0.15, 0.2) is 61.9 Å². The number of hydrogen-bond donors (Lipinski definition) is 0. The van der Waals surface area contributed by atoms with Gasteiger partial charge in [0, 0.05) is 36.5 Å². The summed E-state index contributed by atoms with van der Waals surface area (Å²) in [4.78, 5) is 45.5. The van der Waals surface area contributed by atoms with E-state index < -0.39 is 16.9 Å². The van der Waals surface area contributed by atoms with E-state index in [2.05, 4.69) is 25.8 Å². The number of thiazole rings is 1. The first-order valence-electron chi connectivity index (χ1n) is 12.8. The Morgan fingerprint density at radius 2 is 2.00 bits per heavy atom. The molecule has 0 radical (unpaired) electrons. The van der Waals surface area contributed by atoms with Gasteiger partial charge in [0.2, 0.25) is 0 Å². The molecule has 40 heavy (non-hydrogen) atoms. The van der Waals surface area contributed by atoms with Crippen LogP contribution in [0.5, 0.6) is 5.75 Å². The number of ether oxygens (including phenoxy) is 2. The number of carbonyl (C=O) groups is 1. The minimum absolute atomic E-state index is 0.0524. The highest BCUT2D eigenvalue weighted by molar-refractivity contribution is 9.10. The number of aromatic nitrogens is 1. The minimum Gasteiger partial charge on any atom is -0.496 e. The first-order valence-corrected chi connectivity index (χ1v) is 14.4. The van der Waals surface area contributed by atoms with E-state index in [4.69, 9.17) is 9.47 Å². The Hall–Kier alpha value is -3.77. The van der Waals surface area contributed by atoms with Crippen molar-refractivity contribution in [1.29, 1.82) is 0 Å². The highest BCUT2D eigenvalue weighted by atomic mass is 79.9. The Labute approximate surface area is 242 Å². The minimum atomic E-state index is -0.789. The number of methoxy groups -OCH3 is 1. The molecule has 0 unspecified atom stereocenters. The number of allylic oxidation sites excluding steroid dienone is 1. The summed E-state index contributed by atoms with van der Waals surface area (Å²) in [5.41, 5.74) is 2.42. The summed E-state index contributed by atoms with van der Waals surface area (Å²) in [6, 6.07) is 9.32. The van der Waals surface area contributed by atoms with Gasteiger partial charge in [0.1, 0.15) is 5.75 Å². The molecule has 0 amide bonds. The summed E-state index contributed by atoms with van der Waals surface area (Å²) in [5.74, 6) is 0.0552. The fourth-order valence-corrected chi connectivity index (χ4v) is 6.71. The lowest BCUT2D eigenvalue weighted by Crippen LogP contribution is -2.40. The lowest BCUT2D eigenvalue weighted by molar-refractivity contribution is -0.384. The van der Waals surface area contributed by atoms with Crippen LogP contribution in [0.4, 0.5) is 11.4 Å². The quantitative estimate of drug-likeness (QED) is 0.220. The van der Waals surface area contributed by atoms with E-state index in [1.54, 1.807) is 45.2 Å². The van der Waals surface area contributed by atoms with Crippen LogP contribution in [-0.4, -0.2) is 42.3 Å². The Kier molecular flexibility index (Phi) is 7.90. The van der Waals surface area contributed by atoms with Crippen molar-refractivity contribution in [3.8, 4) is 5.75 Å². The van der Waals surface area contributed by atoms with Crippen molar-refractivity contribution >= 4 is 50.7 Å². The number of carbonyl (C=O) groups excluding carboxylic acids is 1. The first-order chi connectivity index (χ1) is 19.2. The maximum atomic E-state index is 14.0. The normalized spacial score (nSPS) is 17.1. The van der Waals surface area contributed by atoms with Crippen molar-refractivity contribution in [2.24, 2.45) is 4.99 Å². The van der Waals surface area contributed by atoms with Crippen molar-refractivity contribution in [2.75, 3.05) is 31.7 Å². The van der Waals surface area contributed by atoms with Crippen molar-refractivity contribution in [1.82, 2.24) is 4.57 Å². The lowest BCUT2D eigenvalue weighted by atomic mass is 9.96. The molecule has 5 rings (SSSR count). The predicted octanol–water partition coefficient (Wildman–Crippen LogP) is 4.08. The monoisotopic (exact) mass is 626 g/mol. The second-order valence-electron chi connectivity index (χ2n) is 9.39. The molecule has 3 heterocycles. The van der Waals surface area contributed by atoms with E-state index in [0.717, 1.165) is 31.6 Å². The summed E-state index contributed by atoms with van der Waals surface area (Å²) in [6.07, 6.45) is 3.76. The maximum absolute atomic E-state index is 14.0. The number of halogens is 1. The molecule has 2 aliphatic heterocycles. The average molecular weight is 628 g/mol. The van der Waals surface area contributed by atoms with E-state index in [1.807, 2.05) is 6.07 Å². The molecule has 2 aromatic carbocycles. The summed E-state index contributed by atoms with van der Waals surface area (Å²) in [6.45, 7) is 5.30. The summed E-state index contributed by atoms with van der Waals surface area (Å²) < 4.78 is 13.3. The molecule has 0 aliphatic carbocycles. The van der Waals surface area contributed by atoms with Gasteiger partial charge < -0.3 is 14.4 Å². The number of rotatable bonds is 7. The van der Waals surface area contributed by atoms with Gasteiger partial charge in [-0.1, -0.05) is 17.4 Å². The number of nitrogens with zero attached hydrogens (tertiary/aromatic N) is 4. The van der Waals surface area contributed by atoms with E-state index >= 15 is 0 Å². The lowest BCUT2D eigenvalue weighted by Gasteiger charge is -2.25. The van der Waals surface area contributed by atoms with Gasteiger partial charge in [0.25, 0.3) is 11.2 Å². The van der Waals surface area contributed by atoms with Crippen LogP contribution in [-0.2, 0) is 9.53 Å². The predicted molar refractivity (Wildman–Crippen MR) is 156 cm³/mol. The Morgan fingerprint density at radius 3 is 2.65 bits per heavy atom. The molecule has 2 aliphatic rings. The van der Waals surface area contributed by atoms with Gasteiger partial charge in [-0.25, -0.2) is 9.79 Å². The van der Waals surface area contributed by atoms with Gasteiger partial charge in [-0.15, -0.1) is 0 Å². The van der Waals surface area contributed by atoms with Crippen LogP contribution in [0, 0.1) is 10.1 Å². The van der Waals surface area contributed by atoms with Crippen molar-refractivity contribution in [2.45, 2.75) is 32.7 Å². The van der Waals surface area contributed by atoms with Crippen molar-refractivity contribution in [3.05, 3.63) is 93.1 Å². The molecule has 1 fully saturated rings. The van der Waals surface area contributed by atoms with E-state index in [1.165, 1.54) is 28.0 Å². The largest absolute Gasteiger partial charge is 0.496 e. The van der Waals surface area contributed by atoms with Crippen LogP contribution in [0.3, 0.4) is 0 Å². The molecule has 1 aromatic heterocycles. The molecule has 208 valence electrons. The second kappa shape index (κ2) is 11.4. The number of fused-ring (bicyclic) bond motifs is 1. The number of esters is 1. The molecule has 0 saturated carbocycles. The van der Waals surface area contributed by atoms with Crippen LogP contribution >= 0.6 is 27.3 Å².